The van der Waals surface area contributed by atoms with Gasteiger partial charge in [-0.15, -0.1) is 0 Å². The lowest BCUT2D eigenvalue weighted by Gasteiger charge is -2.21. The van der Waals surface area contributed by atoms with Crippen LogP contribution < -0.4 is 10.1 Å². The summed E-state index contributed by atoms with van der Waals surface area (Å²) in [5, 5.41) is 3.53. The normalized spacial score (nSPS) is 17.3. The van der Waals surface area contributed by atoms with Gasteiger partial charge in [0, 0.05) is 18.2 Å². The first-order chi connectivity index (χ1) is 9.85. The molecule has 0 spiro atoms. The molecule has 1 saturated heterocycles. The molecular weight excluding hydrogens is 248 g/mol. The summed E-state index contributed by atoms with van der Waals surface area (Å²) in [6.07, 6.45) is 3.77. The Labute approximate surface area is 123 Å². The molecule has 1 heterocycles. The predicted octanol–water partition coefficient (Wildman–Crippen LogP) is 3.22. The Kier molecular flexibility index (Phi) is 6.34. The summed E-state index contributed by atoms with van der Waals surface area (Å²) in [7, 11) is 0. The van der Waals surface area contributed by atoms with Crippen molar-refractivity contribution in [1.82, 2.24) is 10.2 Å². The lowest BCUT2D eigenvalue weighted by Crippen LogP contribution is -2.26. The molecule has 1 unspecified atom stereocenters. The standard InChI is InChI=1S/C17H28N2O/c1-3-16(18-4-2)15-9-5-6-10-17(15)20-14-13-19-11-7-8-12-19/h5-6,9-10,16,18H,3-4,7-8,11-14H2,1-2H3. The minimum atomic E-state index is 0.392. The van der Waals surface area contributed by atoms with E-state index < -0.39 is 0 Å². The number of benzene rings is 1. The van der Waals surface area contributed by atoms with E-state index in [9.17, 15) is 0 Å². The number of rotatable bonds is 8. The zero-order valence-corrected chi connectivity index (χ0v) is 12.9. The van der Waals surface area contributed by atoms with Crippen LogP contribution in [-0.4, -0.2) is 37.7 Å². The third-order valence-corrected chi connectivity index (χ3v) is 4.02. The smallest absolute Gasteiger partial charge is 0.124 e. The fourth-order valence-electron chi connectivity index (χ4n) is 2.91. The molecule has 0 saturated carbocycles. The number of nitrogens with one attached hydrogen (secondary N) is 1. The molecule has 1 N–H and O–H groups in total. The Morgan fingerprint density at radius 3 is 2.65 bits per heavy atom. The molecular formula is C17H28N2O. The van der Waals surface area contributed by atoms with Crippen molar-refractivity contribution in [1.29, 1.82) is 0 Å². The maximum absolute atomic E-state index is 6.05. The average molecular weight is 276 g/mol. The van der Waals surface area contributed by atoms with Gasteiger partial charge in [0.25, 0.3) is 0 Å². The van der Waals surface area contributed by atoms with Crippen molar-refractivity contribution in [3.63, 3.8) is 0 Å². The Bertz CT molecular complexity index is 388. The fourth-order valence-corrected chi connectivity index (χ4v) is 2.91. The van der Waals surface area contributed by atoms with Gasteiger partial charge in [0.15, 0.2) is 0 Å². The first kappa shape index (κ1) is 15.3. The van der Waals surface area contributed by atoms with E-state index in [1.165, 1.54) is 31.5 Å². The minimum Gasteiger partial charge on any atom is -0.492 e. The molecule has 1 aliphatic heterocycles. The highest BCUT2D eigenvalue weighted by Crippen LogP contribution is 2.27. The van der Waals surface area contributed by atoms with Crippen molar-refractivity contribution >= 4 is 0 Å². The van der Waals surface area contributed by atoms with Crippen molar-refractivity contribution in [3.8, 4) is 5.75 Å². The summed E-state index contributed by atoms with van der Waals surface area (Å²) in [5.74, 6) is 1.04. The van der Waals surface area contributed by atoms with E-state index in [4.69, 9.17) is 4.74 Å². The summed E-state index contributed by atoms with van der Waals surface area (Å²) in [6, 6.07) is 8.83. The summed E-state index contributed by atoms with van der Waals surface area (Å²) >= 11 is 0. The number of hydrogen-bond donors (Lipinski definition) is 1. The largest absolute Gasteiger partial charge is 0.492 e. The molecule has 1 aliphatic rings. The molecule has 1 atom stereocenters. The zero-order valence-electron chi connectivity index (χ0n) is 12.9. The summed E-state index contributed by atoms with van der Waals surface area (Å²) in [5.41, 5.74) is 1.29. The second kappa shape index (κ2) is 8.28. The van der Waals surface area contributed by atoms with Crippen molar-refractivity contribution in [2.24, 2.45) is 0 Å². The van der Waals surface area contributed by atoms with Crippen LogP contribution in [-0.2, 0) is 0 Å². The van der Waals surface area contributed by atoms with Gasteiger partial charge in [-0.3, -0.25) is 4.90 Å². The summed E-state index contributed by atoms with van der Waals surface area (Å²) in [6.45, 7) is 9.67. The maximum atomic E-state index is 6.05. The van der Waals surface area contributed by atoms with E-state index in [2.05, 4.69) is 48.3 Å². The van der Waals surface area contributed by atoms with Gasteiger partial charge < -0.3 is 10.1 Å². The molecule has 20 heavy (non-hydrogen) atoms. The van der Waals surface area contributed by atoms with E-state index in [0.717, 1.165) is 31.9 Å². The van der Waals surface area contributed by atoms with Crippen molar-refractivity contribution < 1.29 is 4.74 Å². The minimum absolute atomic E-state index is 0.392. The van der Waals surface area contributed by atoms with Gasteiger partial charge in [-0.1, -0.05) is 32.0 Å². The summed E-state index contributed by atoms with van der Waals surface area (Å²) in [4.78, 5) is 2.49. The van der Waals surface area contributed by atoms with E-state index in [-0.39, 0.29) is 0 Å². The van der Waals surface area contributed by atoms with Gasteiger partial charge in [-0.05, 0) is 45.0 Å². The second-order valence-corrected chi connectivity index (χ2v) is 5.45. The van der Waals surface area contributed by atoms with Crippen molar-refractivity contribution in [2.75, 3.05) is 32.8 Å². The Hall–Kier alpha value is -1.06. The molecule has 0 aromatic heterocycles. The van der Waals surface area contributed by atoms with Crippen LogP contribution in [0.1, 0.15) is 44.7 Å². The SMILES string of the molecule is CCNC(CC)c1ccccc1OCCN1CCCC1. The lowest BCUT2D eigenvalue weighted by atomic mass is 10.0. The molecule has 3 heteroatoms. The van der Waals surface area contributed by atoms with E-state index >= 15 is 0 Å². The van der Waals surface area contributed by atoms with Gasteiger partial charge in [0.1, 0.15) is 12.4 Å². The van der Waals surface area contributed by atoms with E-state index in [1.54, 1.807) is 0 Å². The van der Waals surface area contributed by atoms with Crippen LogP contribution >= 0.6 is 0 Å². The Balaban J connectivity index is 1.92. The van der Waals surface area contributed by atoms with E-state index in [0.29, 0.717) is 6.04 Å². The van der Waals surface area contributed by atoms with Crippen LogP contribution in [0, 0.1) is 0 Å². The molecule has 1 aromatic rings. The predicted molar refractivity (Wildman–Crippen MR) is 84.3 cm³/mol. The molecule has 0 bridgehead atoms. The average Bonchev–Trinajstić information content (AvgIpc) is 2.99. The molecule has 0 aliphatic carbocycles. The maximum Gasteiger partial charge on any atom is 0.124 e. The van der Waals surface area contributed by atoms with Gasteiger partial charge in [0.2, 0.25) is 0 Å². The van der Waals surface area contributed by atoms with Gasteiger partial charge in [-0.2, -0.15) is 0 Å². The second-order valence-electron chi connectivity index (χ2n) is 5.45. The zero-order chi connectivity index (χ0) is 14.2. The van der Waals surface area contributed by atoms with Crippen LogP contribution in [0.2, 0.25) is 0 Å². The monoisotopic (exact) mass is 276 g/mol. The van der Waals surface area contributed by atoms with Crippen LogP contribution in [0.3, 0.4) is 0 Å². The molecule has 0 amide bonds. The van der Waals surface area contributed by atoms with Crippen LogP contribution in [0.5, 0.6) is 5.75 Å². The summed E-state index contributed by atoms with van der Waals surface area (Å²) < 4.78 is 6.05. The third kappa shape index (κ3) is 4.22. The highest BCUT2D eigenvalue weighted by molar-refractivity contribution is 5.35. The van der Waals surface area contributed by atoms with Crippen LogP contribution in [0.4, 0.5) is 0 Å². The lowest BCUT2D eigenvalue weighted by molar-refractivity contribution is 0.235. The molecule has 1 aromatic carbocycles. The molecule has 0 radical (unpaired) electrons. The highest BCUT2D eigenvalue weighted by atomic mass is 16.5. The van der Waals surface area contributed by atoms with Crippen molar-refractivity contribution in [3.05, 3.63) is 29.8 Å². The number of para-hydroxylation sites is 1. The van der Waals surface area contributed by atoms with Crippen LogP contribution in [0.25, 0.3) is 0 Å². The van der Waals surface area contributed by atoms with Crippen molar-refractivity contribution in [2.45, 2.75) is 39.2 Å². The quantitative estimate of drug-likeness (QED) is 0.789. The molecule has 3 nitrogen and oxygen atoms in total. The van der Waals surface area contributed by atoms with Gasteiger partial charge in [-0.25, -0.2) is 0 Å². The Morgan fingerprint density at radius 1 is 1.20 bits per heavy atom. The number of likely N-dealkylation sites (tertiary alicyclic amines) is 1. The van der Waals surface area contributed by atoms with Gasteiger partial charge >= 0.3 is 0 Å². The number of nitrogens with zero attached hydrogens (tertiary/aromatic N) is 1. The van der Waals surface area contributed by atoms with Gasteiger partial charge in [0.05, 0.1) is 0 Å². The molecule has 1 fully saturated rings. The first-order valence-electron chi connectivity index (χ1n) is 8.02. The number of hydrogen-bond acceptors (Lipinski definition) is 3. The molecule has 2 rings (SSSR count). The Morgan fingerprint density at radius 2 is 1.95 bits per heavy atom. The fraction of sp³-hybridized carbons (Fsp3) is 0.647. The van der Waals surface area contributed by atoms with Crippen LogP contribution in [0.15, 0.2) is 24.3 Å². The third-order valence-electron chi connectivity index (χ3n) is 4.02. The highest BCUT2D eigenvalue weighted by Gasteiger charge is 2.14. The first-order valence-corrected chi connectivity index (χ1v) is 8.02. The van der Waals surface area contributed by atoms with E-state index in [1.807, 2.05) is 0 Å². The number of ether oxygens (including phenoxy) is 1. The molecule has 112 valence electrons. The topological polar surface area (TPSA) is 24.5 Å².